The molecule has 0 bridgehead atoms. The van der Waals surface area contributed by atoms with Gasteiger partial charge in [0.2, 0.25) is 0 Å². The third-order valence-corrected chi connectivity index (χ3v) is 12.0. The highest BCUT2D eigenvalue weighted by molar-refractivity contribution is 6.28. The van der Waals surface area contributed by atoms with Crippen LogP contribution in [0.3, 0.4) is 0 Å². The summed E-state index contributed by atoms with van der Waals surface area (Å²) in [5.41, 5.74) is 11.0. The molecule has 0 spiro atoms. The van der Waals surface area contributed by atoms with Gasteiger partial charge in [-0.2, -0.15) is 0 Å². The van der Waals surface area contributed by atoms with Crippen LogP contribution in [0.25, 0.3) is 116 Å². The second kappa shape index (κ2) is 14.3. The van der Waals surface area contributed by atoms with Gasteiger partial charge in [0.05, 0.1) is 16.7 Å². The van der Waals surface area contributed by atoms with Crippen LogP contribution in [0, 0.1) is 0 Å². The molecule has 0 amide bonds. The maximum atomic E-state index is 5.05. The average molecular weight is 777 g/mol. The molecule has 0 fully saturated rings. The van der Waals surface area contributed by atoms with Crippen molar-refractivity contribution in [2.75, 3.05) is 0 Å². The van der Waals surface area contributed by atoms with Gasteiger partial charge in [0.15, 0.2) is 17.5 Å². The van der Waals surface area contributed by atoms with E-state index in [-0.39, 0.29) is 0 Å². The number of rotatable bonds is 6. The first-order valence-electron chi connectivity index (χ1n) is 20.7. The molecular weight excluding hydrogens is 741 g/mol. The third kappa shape index (κ3) is 5.88. The highest BCUT2D eigenvalue weighted by atomic mass is 15.0. The van der Waals surface area contributed by atoms with E-state index in [1.165, 1.54) is 65.3 Å². The van der Waals surface area contributed by atoms with Gasteiger partial charge in [0, 0.05) is 32.8 Å². The highest BCUT2D eigenvalue weighted by Crippen LogP contribution is 2.43. The number of para-hydroxylation sites is 1. The molecule has 0 atom stereocenters. The summed E-state index contributed by atoms with van der Waals surface area (Å²) < 4.78 is 2.47. The van der Waals surface area contributed by atoms with Gasteiger partial charge in [-0.25, -0.2) is 15.0 Å². The molecule has 0 saturated heterocycles. The zero-order chi connectivity index (χ0) is 40.3. The lowest BCUT2D eigenvalue weighted by atomic mass is 9.91. The Morgan fingerprint density at radius 1 is 0.246 bits per heavy atom. The zero-order valence-corrected chi connectivity index (χ0v) is 33.1. The van der Waals surface area contributed by atoms with Gasteiger partial charge >= 0.3 is 0 Å². The van der Waals surface area contributed by atoms with E-state index < -0.39 is 0 Å². The quantitative estimate of drug-likeness (QED) is 0.158. The van der Waals surface area contributed by atoms with E-state index in [4.69, 9.17) is 15.0 Å². The van der Waals surface area contributed by atoms with Crippen LogP contribution in [0.1, 0.15) is 0 Å². The van der Waals surface area contributed by atoms with Crippen molar-refractivity contribution >= 4 is 54.1 Å². The van der Waals surface area contributed by atoms with Gasteiger partial charge in [-0.1, -0.05) is 182 Å². The molecule has 12 aromatic rings. The molecule has 0 aliphatic heterocycles. The first-order valence-corrected chi connectivity index (χ1v) is 20.7. The van der Waals surface area contributed by atoms with E-state index >= 15 is 0 Å². The number of nitrogens with zero attached hydrogens (tertiary/aromatic N) is 4. The summed E-state index contributed by atoms with van der Waals surface area (Å²) in [5.74, 6) is 1.93. The van der Waals surface area contributed by atoms with Gasteiger partial charge in [-0.15, -0.1) is 0 Å². The van der Waals surface area contributed by atoms with Crippen molar-refractivity contribution in [3.8, 4) is 62.1 Å². The van der Waals surface area contributed by atoms with Crippen molar-refractivity contribution in [3.63, 3.8) is 0 Å². The van der Waals surface area contributed by atoms with E-state index in [1.807, 2.05) is 60.7 Å². The summed E-state index contributed by atoms with van der Waals surface area (Å²) in [4.78, 5) is 15.0. The maximum Gasteiger partial charge on any atom is 0.164 e. The second-order valence-corrected chi connectivity index (χ2v) is 15.6. The topological polar surface area (TPSA) is 43.6 Å². The van der Waals surface area contributed by atoms with Gasteiger partial charge in [0.25, 0.3) is 0 Å². The Kier molecular flexibility index (Phi) is 8.13. The minimum absolute atomic E-state index is 0.635. The monoisotopic (exact) mass is 776 g/mol. The molecule has 10 aromatic carbocycles. The lowest BCUT2D eigenvalue weighted by molar-refractivity contribution is 1.07. The summed E-state index contributed by atoms with van der Waals surface area (Å²) in [6, 6.07) is 77.8. The Morgan fingerprint density at radius 2 is 0.689 bits per heavy atom. The number of fused-ring (bicyclic) bond motifs is 9. The number of aromatic nitrogens is 4. The summed E-state index contributed by atoms with van der Waals surface area (Å²) >= 11 is 0. The number of hydrogen-bond acceptors (Lipinski definition) is 3. The maximum absolute atomic E-state index is 5.05. The molecule has 4 nitrogen and oxygen atoms in total. The summed E-state index contributed by atoms with van der Waals surface area (Å²) in [7, 11) is 0. The van der Waals surface area contributed by atoms with Crippen LogP contribution in [-0.4, -0.2) is 19.5 Å². The lowest BCUT2D eigenvalue weighted by Crippen LogP contribution is -2.00. The summed E-state index contributed by atoms with van der Waals surface area (Å²) in [6.45, 7) is 0. The summed E-state index contributed by atoms with van der Waals surface area (Å²) in [5, 5.41) is 9.83. The Balaban J connectivity index is 1.07. The van der Waals surface area contributed by atoms with Crippen LogP contribution in [-0.2, 0) is 0 Å². The molecule has 284 valence electrons. The molecule has 61 heavy (non-hydrogen) atoms. The molecule has 0 aliphatic carbocycles. The first kappa shape index (κ1) is 34.8. The Bertz CT molecular complexity index is 3570. The van der Waals surface area contributed by atoms with Gasteiger partial charge in [-0.05, 0) is 85.6 Å². The van der Waals surface area contributed by atoms with Crippen LogP contribution in [0.15, 0.2) is 218 Å². The van der Waals surface area contributed by atoms with Crippen LogP contribution in [0.4, 0.5) is 0 Å². The third-order valence-electron chi connectivity index (χ3n) is 12.0. The summed E-state index contributed by atoms with van der Waals surface area (Å²) in [6.07, 6.45) is 0. The molecule has 0 saturated carbocycles. The molecule has 2 heterocycles. The minimum Gasteiger partial charge on any atom is -0.309 e. The van der Waals surface area contributed by atoms with Crippen LogP contribution in [0.5, 0.6) is 0 Å². The SMILES string of the molecule is c1ccc(-c2ccc3c(c2)c2ccccc2n3-c2cccc3c4ccccc4c4ccc(-c5cccc(-c6nc(-c7ccccc7)nc(-c7ccccc7)n6)c5)cc4c23)cc1. The van der Waals surface area contributed by atoms with E-state index in [0.717, 1.165) is 33.5 Å². The normalized spacial score (nSPS) is 11.6. The molecular formula is C57H36N4. The Labute approximate surface area is 352 Å². The fourth-order valence-electron chi connectivity index (χ4n) is 9.17. The molecule has 0 aliphatic rings. The molecule has 12 rings (SSSR count). The Morgan fingerprint density at radius 3 is 1.39 bits per heavy atom. The predicted octanol–water partition coefficient (Wildman–Crippen LogP) is 14.8. The van der Waals surface area contributed by atoms with Crippen molar-refractivity contribution in [1.29, 1.82) is 0 Å². The Hall–Kier alpha value is -8.21. The van der Waals surface area contributed by atoms with E-state index in [2.05, 4.69) is 162 Å². The molecule has 0 unspecified atom stereocenters. The van der Waals surface area contributed by atoms with Crippen molar-refractivity contribution in [2.45, 2.75) is 0 Å². The molecule has 0 radical (unpaired) electrons. The molecule has 4 heteroatoms. The largest absolute Gasteiger partial charge is 0.309 e. The van der Waals surface area contributed by atoms with Gasteiger partial charge in [-0.3, -0.25) is 0 Å². The van der Waals surface area contributed by atoms with Gasteiger partial charge in [0.1, 0.15) is 0 Å². The van der Waals surface area contributed by atoms with Crippen molar-refractivity contribution in [3.05, 3.63) is 218 Å². The van der Waals surface area contributed by atoms with E-state index in [0.29, 0.717) is 17.5 Å². The van der Waals surface area contributed by atoms with Crippen molar-refractivity contribution in [2.24, 2.45) is 0 Å². The highest BCUT2D eigenvalue weighted by Gasteiger charge is 2.19. The van der Waals surface area contributed by atoms with Crippen LogP contribution >= 0.6 is 0 Å². The second-order valence-electron chi connectivity index (χ2n) is 15.6. The molecule has 2 aromatic heterocycles. The lowest BCUT2D eigenvalue weighted by Gasteiger charge is -2.17. The standard InChI is InChI=1S/C57H36N4/c1-4-16-37(17-5-1)41-31-33-52-49(35-41)47-26-12-13-28-51(47)61(52)53-29-15-27-48-45-25-11-10-24-44(45)46-32-30-42(36-50(46)54(48)53)40-22-14-23-43(34-40)57-59-55(38-18-6-2-7-19-38)58-56(60-57)39-20-8-3-9-21-39/h1-36H. The predicted molar refractivity (Wildman–Crippen MR) is 254 cm³/mol. The smallest absolute Gasteiger partial charge is 0.164 e. The van der Waals surface area contributed by atoms with Crippen molar-refractivity contribution in [1.82, 2.24) is 19.5 Å². The van der Waals surface area contributed by atoms with Crippen LogP contribution in [0.2, 0.25) is 0 Å². The average Bonchev–Trinajstić information content (AvgIpc) is 3.68. The fourth-order valence-corrected chi connectivity index (χ4v) is 9.17. The number of hydrogen-bond donors (Lipinski definition) is 0. The number of benzene rings is 10. The van der Waals surface area contributed by atoms with E-state index in [1.54, 1.807) is 0 Å². The molecule has 0 N–H and O–H groups in total. The fraction of sp³-hybridized carbons (Fsp3) is 0. The van der Waals surface area contributed by atoms with Crippen molar-refractivity contribution < 1.29 is 0 Å². The van der Waals surface area contributed by atoms with E-state index in [9.17, 15) is 0 Å². The first-order chi connectivity index (χ1) is 30.2. The van der Waals surface area contributed by atoms with Gasteiger partial charge < -0.3 is 4.57 Å². The zero-order valence-electron chi connectivity index (χ0n) is 33.1. The minimum atomic E-state index is 0.635. The van der Waals surface area contributed by atoms with Crippen LogP contribution < -0.4 is 0 Å².